The predicted octanol–water partition coefficient (Wildman–Crippen LogP) is 0.971. The molecular weight excluding hydrogens is 332 g/mol. The van der Waals surface area contributed by atoms with Crippen LogP contribution in [0.3, 0.4) is 0 Å². The lowest BCUT2D eigenvalue weighted by atomic mass is 10.2. The Labute approximate surface area is 147 Å². The highest BCUT2D eigenvalue weighted by Gasteiger charge is 2.16. The van der Waals surface area contributed by atoms with Crippen molar-refractivity contribution < 1.29 is 0 Å². The topological polar surface area (TPSA) is 98.0 Å². The summed E-state index contributed by atoms with van der Waals surface area (Å²) in [6.07, 6.45) is 1.63. The minimum atomic E-state index is -0.377. The number of nitriles is 1. The van der Waals surface area contributed by atoms with Crippen molar-refractivity contribution in [1.82, 2.24) is 23.7 Å². The molecule has 0 saturated carbocycles. The zero-order valence-electron chi connectivity index (χ0n) is 14.2. The highest BCUT2D eigenvalue weighted by Crippen LogP contribution is 2.14. The van der Waals surface area contributed by atoms with E-state index >= 15 is 0 Å². The molecule has 4 rings (SSSR count). The van der Waals surface area contributed by atoms with E-state index in [4.69, 9.17) is 0 Å². The summed E-state index contributed by atoms with van der Waals surface area (Å²) < 4.78 is 4.61. The van der Waals surface area contributed by atoms with Crippen molar-refractivity contribution in [2.75, 3.05) is 0 Å². The molecular formula is C18H14N6O2. The van der Waals surface area contributed by atoms with Crippen LogP contribution in [0.25, 0.3) is 16.7 Å². The molecule has 8 nitrogen and oxygen atoms in total. The molecule has 1 aromatic carbocycles. The fraction of sp³-hybridized carbons (Fsp3) is 0.167. The molecule has 0 aliphatic carbocycles. The number of para-hydroxylation sites is 1. The SMILES string of the molecule is Cc1ccn(Cc2nnc3n(C)c(=O)c4ccccc4n23)c(=O)c1C#N. The fourth-order valence-corrected chi connectivity index (χ4v) is 3.07. The van der Waals surface area contributed by atoms with Gasteiger partial charge < -0.3 is 4.57 Å². The molecule has 0 unspecified atom stereocenters. The summed E-state index contributed by atoms with van der Waals surface area (Å²) in [4.78, 5) is 25.0. The Bertz CT molecular complexity index is 1340. The molecule has 0 N–H and O–H groups in total. The predicted molar refractivity (Wildman–Crippen MR) is 95.0 cm³/mol. The normalized spacial score (nSPS) is 11.1. The Kier molecular flexibility index (Phi) is 3.44. The molecule has 0 aliphatic heterocycles. The highest BCUT2D eigenvalue weighted by molar-refractivity contribution is 5.80. The van der Waals surface area contributed by atoms with Gasteiger partial charge in [-0.15, -0.1) is 10.2 Å². The maximum Gasteiger partial charge on any atom is 0.269 e. The maximum absolute atomic E-state index is 12.5. The second-order valence-electron chi connectivity index (χ2n) is 6.05. The van der Waals surface area contributed by atoms with Crippen molar-refractivity contribution in [3.8, 4) is 6.07 Å². The number of aromatic nitrogens is 5. The lowest BCUT2D eigenvalue weighted by Gasteiger charge is -2.09. The minimum absolute atomic E-state index is 0.110. The Morgan fingerprint density at radius 2 is 1.88 bits per heavy atom. The smallest absolute Gasteiger partial charge is 0.269 e. The van der Waals surface area contributed by atoms with Crippen LogP contribution in [0.1, 0.15) is 17.0 Å². The highest BCUT2D eigenvalue weighted by atomic mass is 16.1. The van der Waals surface area contributed by atoms with E-state index in [0.29, 0.717) is 28.1 Å². The van der Waals surface area contributed by atoms with E-state index in [-0.39, 0.29) is 23.2 Å². The molecule has 0 radical (unpaired) electrons. The molecule has 0 aliphatic rings. The van der Waals surface area contributed by atoms with Gasteiger partial charge in [-0.05, 0) is 30.7 Å². The first-order valence-corrected chi connectivity index (χ1v) is 7.95. The van der Waals surface area contributed by atoms with E-state index in [2.05, 4.69) is 10.2 Å². The van der Waals surface area contributed by atoms with E-state index in [1.54, 1.807) is 42.8 Å². The van der Waals surface area contributed by atoms with Gasteiger partial charge in [0.05, 0.1) is 17.4 Å². The Morgan fingerprint density at radius 3 is 2.65 bits per heavy atom. The third kappa shape index (κ3) is 2.14. The van der Waals surface area contributed by atoms with E-state index in [1.165, 1.54) is 9.13 Å². The van der Waals surface area contributed by atoms with Gasteiger partial charge in [0.1, 0.15) is 11.6 Å². The number of rotatable bonds is 2. The van der Waals surface area contributed by atoms with E-state index in [0.717, 1.165) is 0 Å². The van der Waals surface area contributed by atoms with Crippen molar-refractivity contribution in [3.05, 3.63) is 74.2 Å². The van der Waals surface area contributed by atoms with Crippen molar-refractivity contribution in [1.29, 1.82) is 5.26 Å². The van der Waals surface area contributed by atoms with Gasteiger partial charge in [-0.25, -0.2) is 0 Å². The summed E-state index contributed by atoms with van der Waals surface area (Å²) in [6, 6.07) is 10.8. The molecule has 26 heavy (non-hydrogen) atoms. The number of benzene rings is 1. The summed E-state index contributed by atoms with van der Waals surface area (Å²) in [5.74, 6) is 0.894. The summed E-state index contributed by atoms with van der Waals surface area (Å²) in [5, 5.41) is 18.0. The van der Waals surface area contributed by atoms with Crippen molar-refractivity contribution in [2.45, 2.75) is 13.5 Å². The van der Waals surface area contributed by atoms with Crippen molar-refractivity contribution >= 4 is 16.7 Å². The Hall–Kier alpha value is -3.73. The summed E-state index contributed by atoms with van der Waals surface area (Å²) in [7, 11) is 1.63. The van der Waals surface area contributed by atoms with Crippen LogP contribution in [0.15, 0.2) is 46.1 Å². The molecule has 8 heteroatoms. The number of nitrogens with zero attached hydrogens (tertiary/aromatic N) is 6. The monoisotopic (exact) mass is 346 g/mol. The molecule has 0 spiro atoms. The van der Waals surface area contributed by atoms with Gasteiger partial charge in [0.2, 0.25) is 5.78 Å². The minimum Gasteiger partial charge on any atom is -0.307 e. The van der Waals surface area contributed by atoms with Gasteiger partial charge in [-0.2, -0.15) is 5.26 Å². The molecule has 0 amide bonds. The number of pyridine rings is 1. The number of hydrogen-bond acceptors (Lipinski definition) is 5. The van der Waals surface area contributed by atoms with Gasteiger partial charge in [0.15, 0.2) is 5.82 Å². The maximum atomic E-state index is 12.5. The van der Waals surface area contributed by atoms with Crippen LogP contribution in [0.2, 0.25) is 0 Å². The molecule has 0 fully saturated rings. The first kappa shape index (κ1) is 15.8. The second kappa shape index (κ2) is 5.67. The van der Waals surface area contributed by atoms with Crippen LogP contribution in [0.5, 0.6) is 0 Å². The first-order chi connectivity index (χ1) is 12.5. The molecule has 3 heterocycles. The van der Waals surface area contributed by atoms with Crippen molar-refractivity contribution in [3.63, 3.8) is 0 Å². The third-order valence-electron chi connectivity index (χ3n) is 4.49. The van der Waals surface area contributed by atoms with Crippen LogP contribution in [0.4, 0.5) is 0 Å². The molecule has 128 valence electrons. The molecule has 3 aromatic heterocycles. The molecule has 0 bridgehead atoms. The summed E-state index contributed by atoms with van der Waals surface area (Å²) >= 11 is 0. The average Bonchev–Trinajstić information content (AvgIpc) is 3.06. The van der Waals surface area contributed by atoms with Gasteiger partial charge in [0, 0.05) is 13.2 Å². The molecule has 4 aromatic rings. The Morgan fingerprint density at radius 1 is 1.12 bits per heavy atom. The average molecular weight is 346 g/mol. The number of aryl methyl sites for hydroxylation is 2. The first-order valence-electron chi connectivity index (χ1n) is 7.95. The van der Waals surface area contributed by atoms with Crippen LogP contribution in [0, 0.1) is 18.3 Å². The lowest BCUT2D eigenvalue weighted by molar-refractivity contribution is 0.705. The van der Waals surface area contributed by atoms with Gasteiger partial charge >= 0.3 is 0 Å². The van der Waals surface area contributed by atoms with Crippen LogP contribution < -0.4 is 11.1 Å². The third-order valence-corrected chi connectivity index (χ3v) is 4.49. The Balaban J connectivity index is 1.99. The zero-order valence-corrected chi connectivity index (χ0v) is 14.2. The van der Waals surface area contributed by atoms with Crippen LogP contribution in [-0.2, 0) is 13.6 Å². The van der Waals surface area contributed by atoms with Gasteiger partial charge in [-0.3, -0.25) is 18.6 Å². The molecule has 0 saturated heterocycles. The molecule has 0 atom stereocenters. The van der Waals surface area contributed by atoms with Crippen molar-refractivity contribution in [2.24, 2.45) is 7.05 Å². The van der Waals surface area contributed by atoms with Crippen LogP contribution in [-0.4, -0.2) is 23.7 Å². The number of fused-ring (bicyclic) bond motifs is 3. The van der Waals surface area contributed by atoms with Crippen LogP contribution >= 0.6 is 0 Å². The summed E-state index contributed by atoms with van der Waals surface area (Å²) in [5.41, 5.74) is 0.877. The lowest BCUT2D eigenvalue weighted by Crippen LogP contribution is -2.25. The van der Waals surface area contributed by atoms with E-state index in [1.807, 2.05) is 18.2 Å². The van der Waals surface area contributed by atoms with Gasteiger partial charge in [0.25, 0.3) is 11.1 Å². The summed E-state index contributed by atoms with van der Waals surface area (Å²) in [6.45, 7) is 1.86. The van der Waals surface area contributed by atoms with E-state index in [9.17, 15) is 14.9 Å². The standard InChI is InChI=1S/C18H14N6O2/c1-11-7-8-23(17(26)13(11)9-19)10-15-20-21-18-22(2)16(25)12-5-3-4-6-14(12)24(15)18/h3-8H,10H2,1-2H3. The second-order valence-corrected chi connectivity index (χ2v) is 6.05. The van der Waals surface area contributed by atoms with Gasteiger partial charge in [-0.1, -0.05) is 12.1 Å². The zero-order chi connectivity index (χ0) is 18.4. The fourth-order valence-electron chi connectivity index (χ4n) is 3.07. The quantitative estimate of drug-likeness (QED) is 0.539. The number of hydrogen-bond donors (Lipinski definition) is 0. The largest absolute Gasteiger partial charge is 0.307 e. The van der Waals surface area contributed by atoms with E-state index < -0.39 is 0 Å².